The zero-order valence-corrected chi connectivity index (χ0v) is 12.4. The van der Waals surface area contributed by atoms with Crippen molar-refractivity contribution in [3.8, 4) is 0 Å². The molecule has 1 aromatic carbocycles. The molecule has 5 nitrogen and oxygen atoms in total. The zero-order chi connectivity index (χ0) is 15.2. The van der Waals surface area contributed by atoms with Crippen molar-refractivity contribution in [2.75, 3.05) is 13.6 Å². The summed E-state index contributed by atoms with van der Waals surface area (Å²) in [7, 11) is 1.60. The van der Waals surface area contributed by atoms with E-state index in [0.717, 1.165) is 24.8 Å². The first kappa shape index (κ1) is 15.5. The monoisotopic (exact) mass is 289 g/mol. The van der Waals surface area contributed by atoms with Crippen LogP contribution in [-0.4, -0.2) is 25.4 Å². The Hall–Kier alpha value is -1.88. The second-order valence-corrected chi connectivity index (χ2v) is 5.53. The van der Waals surface area contributed by atoms with E-state index in [2.05, 4.69) is 10.6 Å². The van der Waals surface area contributed by atoms with Crippen molar-refractivity contribution < 1.29 is 9.59 Å². The Kier molecular flexibility index (Phi) is 5.33. The molecule has 114 valence electrons. The van der Waals surface area contributed by atoms with E-state index in [1.807, 2.05) is 12.1 Å². The van der Waals surface area contributed by atoms with Crippen molar-refractivity contribution in [2.24, 2.45) is 17.6 Å². The van der Waals surface area contributed by atoms with E-state index in [1.54, 1.807) is 19.2 Å². The van der Waals surface area contributed by atoms with E-state index in [4.69, 9.17) is 5.73 Å². The number of amides is 2. The maximum absolute atomic E-state index is 12.2. The number of nitrogens with one attached hydrogen (secondary N) is 2. The second kappa shape index (κ2) is 7.22. The standard InChI is InChI=1S/C16H23N3O2/c1-18-15(20)12-7-5-11(6-8-12)10-19-16(21)14-4-2-3-13(14)9-17/h5-8,13-14H,2-4,9-10,17H2,1H3,(H,18,20)(H,19,21)/t13-,14-/m1/s1. The summed E-state index contributed by atoms with van der Waals surface area (Å²) in [5.41, 5.74) is 7.31. The highest BCUT2D eigenvalue weighted by molar-refractivity contribution is 5.93. The summed E-state index contributed by atoms with van der Waals surface area (Å²) in [6.45, 7) is 1.07. The predicted molar refractivity (Wildman–Crippen MR) is 81.6 cm³/mol. The lowest BCUT2D eigenvalue weighted by Crippen LogP contribution is -2.34. The Bertz CT molecular complexity index is 499. The average molecular weight is 289 g/mol. The van der Waals surface area contributed by atoms with Gasteiger partial charge in [0.15, 0.2) is 0 Å². The van der Waals surface area contributed by atoms with Crippen molar-refractivity contribution in [2.45, 2.75) is 25.8 Å². The molecule has 0 aromatic heterocycles. The highest BCUT2D eigenvalue weighted by Gasteiger charge is 2.31. The Balaban J connectivity index is 1.88. The van der Waals surface area contributed by atoms with E-state index in [1.165, 1.54) is 0 Å². The highest BCUT2D eigenvalue weighted by atomic mass is 16.2. The first-order valence-electron chi connectivity index (χ1n) is 7.44. The minimum atomic E-state index is -0.109. The van der Waals surface area contributed by atoms with Crippen LogP contribution in [0.4, 0.5) is 0 Å². The molecule has 0 spiro atoms. The number of nitrogens with two attached hydrogens (primary N) is 1. The SMILES string of the molecule is CNC(=O)c1ccc(CNC(=O)[C@@H]2CCC[C@@H]2CN)cc1. The number of hydrogen-bond acceptors (Lipinski definition) is 3. The molecule has 0 unspecified atom stereocenters. The second-order valence-electron chi connectivity index (χ2n) is 5.53. The van der Waals surface area contributed by atoms with Gasteiger partial charge in [0.05, 0.1) is 0 Å². The number of rotatable bonds is 5. The van der Waals surface area contributed by atoms with Gasteiger partial charge in [0.1, 0.15) is 0 Å². The van der Waals surface area contributed by atoms with Gasteiger partial charge in [-0.05, 0) is 43.0 Å². The summed E-state index contributed by atoms with van der Waals surface area (Å²) in [6.07, 6.45) is 3.07. The number of carbonyl (C=O) groups excluding carboxylic acids is 2. The number of carbonyl (C=O) groups is 2. The molecule has 0 radical (unpaired) electrons. The predicted octanol–water partition coefficient (Wildman–Crippen LogP) is 1.04. The van der Waals surface area contributed by atoms with Gasteiger partial charge in [-0.15, -0.1) is 0 Å². The molecular formula is C16H23N3O2. The van der Waals surface area contributed by atoms with Crippen molar-refractivity contribution in [3.63, 3.8) is 0 Å². The van der Waals surface area contributed by atoms with Gasteiger partial charge in [0.25, 0.3) is 5.91 Å². The molecule has 2 amide bonds. The van der Waals surface area contributed by atoms with Crippen LogP contribution in [0, 0.1) is 11.8 Å². The molecule has 2 rings (SSSR count). The summed E-state index contributed by atoms with van der Waals surface area (Å²) in [6, 6.07) is 7.25. The quantitative estimate of drug-likeness (QED) is 0.757. The molecule has 21 heavy (non-hydrogen) atoms. The number of hydrogen-bond donors (Lipinski definition) is 3. The maximum Gasteiger partial charge on any atom is 0.251 e. The molecule has 0 aliphatic heterocycles. The summed E-state index contributed by atoms with van der Waals surface area (Å²) < 4.78 is 0. The fraction of sp³-hybridized carbons (Fsp3) is 0.500. The van der Waals surface area contributed by atoms with Gasteiger partial charge in [-0.1, -0.05) is 18.6 Å². The van der Waals surface area contributed by atoms with Crippen LogP contribution in [0.1, 0.15) is 35.2 Å². The van der Waals surface area contributed by atoms with Crippen LogP contribution < -0.4 is 16.4 Å². The molecule has 1 aromatic rings. The van der Waals surface area contributed by atoms with E-state index < -0.39 is 0 Å². The topological polar surface area (TPSA) is 84.2 Å². The third-order valence-electron chi connectivity index (χ3n) is 4.21. The fourth-order valence-corrected chi connectivity index (χ4v) is 2.90. The molecule has 1 fully saturated rings. The summed E-state index contributed by atoms with van der Waals surface area (Å²) in [4.78, 5) is 23.6. The van der Waals surface area contributed by atoms with Crippen LogP contribution in [0.3, 0.4) is 0 Å². The average Bonchev–Trinajstić information content (AvgIpc) is 3.01. The number of benzene rings is 1. The summed E-state index contributed by atoms with van der Waals surface area (Å²) in [5, 5.41) is 5.55. The van der Waals surface area contributed by atoms with Crippen molar-refractivity contribution >= 4 is 11.8 Å². The van der Waals surface area contributed by atoms with Crippen LogP contribution in [-0.2, 0) is 11.3 Å². The minimum Gasteiger partial charge on any atom is -0.355 e. The normalized spacial score (nSPS) is 21.0. The molecular weight excluding hydrogens is 266 g/mol. The molecule has 0 heterocycles. The maximum atomic E-state index is 12.2. The Morgan fingerprint density at radius 1 is 1.24 bits per heavy atom. The largest absolute Gasteiger partial charge is 0.355 e. The van der Waals surface area contributed by atoms with Crippen LogP contribution in [0.15, 0.2) is 24.3 Å². The Labute approximate surface area is 125 Å². The molecule has 5 heteroatoms. The first-order valence-corrected chi connectivity index (χ1v) is 7.44. The van der Waals surface area contributed by atoms with Gasteiger partial charge in [-0.3, -0.25) is 9.59 Å². The van der Waals surface area contributed by atoms with E-state index in [0.29, 0.717) is 24.6 Å². The van der Waals surface area contributed by atoms with Gasteiger partial charge < -0.3 is 16.4 Å². The summed E-state index contributed by atoms with van der Waals surface area (Å²) in [5.74, 6) is 0.362. The molecule has 1 aliphatic rings. The third-order valence-corrected chi connectivity index (χ3v) is 4.21. The smallest absolute Gasteiger partial charge is 0.251 e. The van der Waals surface area contributed by atoms with Gasteiger partial charge in [0.2, 0.25) is 5.91 Å². The first-order chi connectivity index (χ1) is 10.2. The van der Waals surface area contributed by atoms with E-state index in [9.17, 15) is 9.59 Å². The molecule has 4 N–H and O–H groups in total. The van der Waals surface area contributed by atoms with Crippen molar-refractivity contribution in [1.82, 2.24) is 10.6 Å². The van der Waals surface area contributed by atoms with Crippen LogP contribution in [0.5, 0.6) is 0 Å². The van der Waals surface area contributed by atoms with Gasteiger partial charge >= 0.3 is 0 Å². The Morgan fingerprint density at radius 2 is 1.95 bits per heavy atom. The van der Waals surface area contributed by atoms with Crippen molar-refractivity contribution in [3.05, 3.63) is 35.4 Å². The molecule has 1 aliphatic carbocycles. The van der Waals surface area contributed by atoms with Crippen LogP contribution in [0.2, 0.25) is 0 Å². The molecule has 1 saturated carbocycles. The minimum absolute atomic E-state index is 0.0557. The zero-order valence-electron chi connectivity index (χ0n) is 12.4. The lowest BCUT2D eigenvalue weighted by molar-refractivity contribution is -0.126. The van der Waals surface area contributed by atoms with Gasteiger partial charge in [0, 0.05) is 25.1 Å². The van der Waals surface area contributed by atoms with Gasteiger partial charge in [-0.2, -0.15) is 0 Å². The third kappa shape index (κ3) is 3.82. The Morgan fingerprint density at radius 3 is 2.57 bits per heavy atom. The van der Waals surface area contributed by atoms with Crippen molar-refractivity contribution in [1.29, 1.82) is 0 Å². The van der Waals surface area contributed by atoms with Crippen LogP contribution in [0.25, 0.3) is 0 Å². The molecule has 0 saturated heterocycles. The highest BCUT2D eigenvalue weighted by Crippen LogP contribution is 2.30. The fourth-order valence-electron chi connectivity index (χ4n) is 2.90. The van der Waals surface area contributed by atoms with Gasteiger partial charge in [-0.25, -0.2) is 0 Å². The van der Waals surface area contributed by atoms with E-state index in [-0.39, 0.29) is 17.7 Å². The molecule has 2 atom stereocenters. The van der Waals surface area contributed by atoms with E-state index >= 15 is 0 Å². The molecule has 0 bridgehead atoms. The lowest BCUT2D eigenvalue weighted by atomic mass is 9.95. The van der Waals surface area contributed by atoms with Crippen LogP contribution >= 0.6 is 0 Å². The lowest BCUT2D eigenvalue weighted by Gasteiger charge is -2.17. The summed E-state index contributed by atoms with van der Waals surface area (Å²) >= 11 is 0.